The molecule has 1 aromatic heterocycles. The normalized spacial score (nSPS) is 16.1. The number of aromatic carboxylic acids is 1. The molecule has 0 spiro atoms. The monoisotopic (exact) mass is 249 g/mol. The van der Waals surface area contributed by atoms with Crippen molar-refractivity contribution in [3.05, 3.63) is 24.0 Å². The van der Waals surface area contributed by atoms with Crippen molar-refractivity contribution in [3.8, 4) is 0 Å². The van der Waals surface area contributed by atoms with E-state index in [1.54, 1.807) is 0 Å². The number of aromatic nitrogens is 1. The van der Waals surface area contributed by atoms with Gasteiger partial charge in [0.05, 0.1) is 23.5 Å². The number of pyridine rings is 1. The Balaban J connectivity index is 1.97. The van der Waals surface area contributed by atoms with Gasteiger partial charge in [-0.1, -0.05) is 12.8 Å². The summed E-state index contributed by atoms with van der Waals surface area (Å²) in [6, 6.07) is 0.808. The third-order valence-corrected chi connectivity index (χ3v) is 2.87. The second-order valence-corrected chi connectivity index (χ2v) is 4.54. The zero-order valence-corrected chi connectivity index (χ0v) is 9.80. The van der Waals surface area contributed by atoms with E-state index in [1.807, 2.05) is 0 Å². The van der Waals surface area contributed by atoms with E-state index < -0.39 is 12.0 Å². The summed E-state index contributed by atoms with van der Waals surface area (Å²) in [5, 5.41) is 11.4. The van der Waals surface area contributed by atoms with E-state index in [4.69, 9.17) is 10.8 Å². The molecule has 1 saturated carbocycles. The van der Waals surface area contributed by atoms with Gasteiger partial charge < -0.3 is 16.2 Å². The van der Waals surface area contributed by atoms with Gasteiger partial charge in [-0.25, -0.2) is 4.79 Å². The van der Waals surface area contributed by atoms with Crippen LogP contribution < -0.4 is 11.1 Å². The van der Waals surface area contributed by atoms with Crippen LogP contribution in [0.1, 0.15) is 29.6 Å². The summed E-state index contributed by atoms with van der Waals surface area (Å²) in [5.74, 6) is -0.818. The number of anilines is 1. The zero-order valence-electron chi connectivity index (χ0n) is 9.80. The third-order valence-electron chi connectivity index (χ3n) is 2.87. The number of hydrogen-bond acceptors (Lipinski definition) is 4. The molecule has 6 nitrogen and oxygen atoms in total. The van der Waals surface area contributed by atoms with E-state index in [2.05, 4.69) is 10.3 Å². The van der Waals surface area contributed by atoms with Crippen molar-refractivity contribution in [2.75, 3.05) is 5.32 Å². The second kappa shape index (κ2) is 5.14. The smallest absolute Gasteiger partial charge is 0.337 e. The first-order valence-electron chi connectivity index (χ1n) is 5.81. The molecule has 1 heterocycles. The predicted octanol–water partition coefficient (Wildman–Crippen LogP) is 0.846. The summed E-state index contributed by atoms with van der Waals surface area (Å²) in [7, 11) is 0. The largest absolute Gasteiger partial charge is 0.478 e. The summed E-state index contributed by atoms with van der Waals surface area (Å²) < 4.78 is 0. The molecule has 4 N–H and O–H groups in total. The van der Waals surface area contributed by atoms with Crippen LogP contribution >= 0.6 is 0 Å². The van der Waals surface area contributed by atoms with Crippen LogP contribution in [0.25, 0.3) is 0 Å². The quantitative estimate of drug-likeness (QED) is 0.717. The summed E-state index contributed by atoms with van der Waals surface area (Å²) in [6.45, 7) is 0. The number of amides is 1. The summed E-state index contributed by atoms with van der Waals surface area (Å²) >= 11 is 0. The number of carbonyl (C=O) groups is 2. The van der Waals surface area contributed by atoms with Crippen LogP contribution in [0.15, 0.2) is 18.5 Å². The first kappa shape index (κ1) is 12.5. The minimum Gasteiger partial charge on any atom is -0.478 e. The highest BCUT2D eigenvalue weighted by Crippen LogP contribution is 2.33. The number of carboxylic acids is 1. The van der Waals surface area contributed by atoms with Crippen LogP contribution in [0.4, 0.5) is 5.69 Å². The number of hydrogen-bond donors (Lipinski definition) is 3. The van der Waals surface area contributed by atoms with Crippen molar-refractivity contribution < 1.29 is 14.7 Å². The first-order chi connectivity index (χ1) is 8.56. The van der Waals surface area contributed by atoms with Crippen molar-refractivity contribution in [2.45, 2.75) is 25.3 Å². The van der Waals surface area contributed by atoms with E-state index in [0.29, 0.717) is 18.0 Å². The van der Waals surface area contributed by atoms with Gasteiger partial charge in [0, 0.05) is 6.20 Å². The minimum atomic E-state index is -1.08. The van der Waals surface area contributed by atoms with Crippen LogP contribution in [0, 0.1) is 5.92 Å². The van der Waals surface area contributed by atoms with Gasteiger partial charge in [0.25, 0.3) is 0 Å². The topological polar surface area (TPSA) is 105 Å². The van der Waals surface area contributed by atoms with Crippen molar-refractivity contribution >= 4 is 17.6 Å². The van der Waals surface area contributed by atoms with Crippen molar-refractivity contribution in [2.24, 2.45) is 11.7 Å². The molecule has 0 radical (unpaired) electrons. The summed E-state index contributed by atoms with van der Waals surface area (Å²) in [5.41, 5.74) is 6.14. The number of rotatable bonds is 5. The maximum Gasteiger partial charge on any atom is 0.337 e. The Kier molecular flexibility index (Phi) is 3.57. The lowest BCUT2D eigenvalue weighted by molar-refractivity contribution is -0.117. The zero-order chi connectivity index (χ0) is 13.1. The number of carboxylic acid groups (broad SMARTS) is 1. The molecule has 1 aliphatic carbocycles. The lowest BCUT2D eigenvalue weighted by atomic mass is 10.1. The molecule has 6 heteroatoms. The second-order valence-electron chi connectivity index (χ2n) is 4.54. The fraction of sp³-hybridized carbons (Fsp3) is 0.417. The molecular weight excluding hydrogens is 234 g/mol. The average Bonchev–Trinajstić information content (AvgIpc) is 3.13. The van der Waals surface area contributed by atoms with Gasteiger partial charge >= 0.3 is 5.97 Å². The molecule has 1 atom stereocenters. The number of nitrogens with zero attached hydrogens (tertiary/aromatic N) is 1. The third kappa shape index (κ3) is 3.27. The molecule has 0 aliphatic heterocycles. The molecule has 1 aromatic rings. The Morgan fingerprint density at radius 1 is 1.50 bits per heavy atom. The van der Waals surface area contributed by atoms with E-state index >= 15 is 0 Å². The lowest BCUT2D eigenvalue weighted by Gasteiger charge is -2.11. The van der Waals surface area contributed by atoms with Gasteiger partial charge in [-0.05, 0) is 18.4 Å². The Bertz CT molecular complexity index is 471. The lowest BCUT2D eigenvalue weighted by Crippen LogP contribution is -2.36. The number of carbonyl (C=O) groups excluding carboxylic acids is 1. The standard InChI is InChI=1S/C12H15N3O3/c13-10(3-7-1-2-7)11(16)15-9-4-8(12(17)18)5-14-6-9/h4-7,10H,1-3,13H2,(H,15,16)(H,17,18)/t10-/m0/s1. The molecule has 2 rings (SSSR count). The highest BCUT2D eigenvalue weighted by molar-refractivity contribution is 5.96. The van der Waals surface area contributed by atoms with Crippen LogP contribution in [-0.2, 0) is 4.79 Å². The van der Waals surface area contributed by atoms with Crippen LogP contribution in [0.5, 0.6) is 0 Å². The van der Waals surface area contributed by atoms with Crippen LogP contribution in [0.2, 0.25) is 0 Å². The van der Waals surface area contributed by atoms with E-state index in [-0.39, 0.29) is 11.5 Å². The molecule has 18 heavy (non-hydrogen) atoms. The molecule has 0 saturated heterocycles. The molecular formula is C12H15N3O3. The van der Waals surface area contributed by atoms with Gasteiger partial charge in [0.2, 0.25) is 5.91 Å². The molecule has 0 aromatic carbocycles. The Hall–Kier alpha value is -1.95. The summed E-state index contributed by atoms with van der Waals surface area (Å²) in [6.07, 6.45) is 5.57. The van der Waals surface area contributed by atoms with Gasteiger partial charge in [0.15, 0.2) is 0 Å². The van der Waals surface area contributed by atoms with E-state index in [9.17, 15) is 9.59 Å². The van der Waals surface area contributed by atoms with Gasteiger partial charge in [0.1, 0.15) is 0 Å². The van der Waals surface area contributed by atoms with Gasteiger partial charge in [-0.3, -0.25) is 9.78 Å². The van der Waals surface area contributed by atoms with Gasteiger partial charge in [-0.15, -0.1) is 0 Å². The summed E-state index contributed by atoms with van der Waals surface area (Å²) in [4.78, 5) is 26.2. The first-order valence-corrected chi connectivity index (χ1v) is 5.81. The van der Waals surface area contributed by atoms with Crippen molar-refractivity contribution in [1.29, 1.82) is 0 Å². The SMILES string of the molecule is N[C@@H](CC1CC1)C(=O)Nc1cncc(C(=O)O)c1. The fourth-order valence-electron chi connectivity index (χ4n) is 1.68. The predicted molar refractivity (Wildman–Crippen MR) is 65.1 cm³/mol. The highest BCUT2D eigenvalue weighted by atomic mass is 16.4. The van der Waals surface area contributed by atoms with Crippen LogP contribution in [-0.4, -0.2) is 28.0 Å². The Labute approximate surface area is 104 Å². The molecule has 0 unspecified atom stereocenters. The van der Waals surface area contributed by atoms with E-state index in [0.717, 1.165) is 12.8 Å². The number of nitrogens with two attached hydrogens (primary N) is 1. The molecule has 0 bridgehead atoms. The maximum atomic E-state index is 11.7. The molecule has 1 aliphatic rings. The Morgan fingerprint density at radius 2 is 2.22 bits per heavy atom. The number of nitrogens with one attached hydrogen (secondary N) is 1. The fourth-order valence-corrected chi connectivity index (χ4v) is 1.68. The van der Waals surface area contributed by atoms with Crippen LogP contribution in [0.3, 0.4) is 0 Å². The van der Waals surface area contributed by atoms with Crippen molar-refractivity contribution in [3.63, 3.8) is 0 Å². The van der Waals surface area contributed by atoms with Crippen molar-refractivity contribution in [1.82, 2.24) is 4.98 Å². The van der Waals surface area contributed by atoms with Gasteiger partial charge in [-0.2, -0.15) is 0 Å². The molecule has 1 fully saturated rings. The maximum absolute atomic E-state index is 11.7. The molecule has 96 valence electrons. The highest BCUT2D eigenvalue weighted by Gasteiger charge is 2.27. The minimum absolute atomic E-state index is 0.0311. The molecule has 1 amide bonds. The van der Waals surface area contributed by atoms with E-state index in [1.165, 1.54) is 18.5 Å². The average molecular weight is 249 g/mol. The Morgan fingerprint density at radius 3 is 2.83 bits per heavy atom.